The average Bonchev–Trinajstić information content (AvgIpc) is 2.96. The summed E-state index contributed by atoms with van der Waals surface area (Å²) >= 11 is 1.45. The van der Waals surface area contributed by atoms with E-state index in [-0.39, 0.29) is 5.69 Å². The van der Waals surface area contributed by atoms with E-state index >= 15 is 0 Å². The quantitative estimate of drug-likeness (QED) is 0.456. The van der Waals surface area contributed by atoms with Gasteiger partial charge >= 0.3 is 5.69 Å². The predicted molar refractivity (Wildman–Crippen MR) is 69.8 cm³/mol. The van der Waals surface area contributed by atoms with Gasteiger partial charge in [-0.15, -0.1) is 10.2 Å². The van der Waals surface area contributed by atoms with E-state index in [2.05, 4.69) is 22.2 Å². The molecule has 0 amide bonds. The van der Waals surface area contributed by atoms with Crippen LogP contribution in [0.2, 0.25) is 0 Å². The van der Waals surface area contributed by atoms with Gasteiger partial charge in [-0.25, -0.2) is 0 Å². The maximum atomic E-state index is 10.6. The molecule has 0 aliphatic heterocycles. The van der Waals surface area contributed by atoms with Crippen molar-refractivity contribution in [3.8, 4) is 0 Å². The lowest BCUT2D eigenvalue weighted by molar-refractivity contribution is -0.385. The number of hydrogen-bond donors (Lipinski definition) is 0. The lowest BCUT2D eigenvalue weighted by Crippen LogP contribution is -2.03. The molecule has 0 radical (unpaired) electrons. The van der Waals surface area contributed by atoms with Crippen molar-refractivity contribution in [1.82, 2.24) is 24.5 Å². The van der Waals surface area contributed by atoms with E-state index in [1.807, 2.05) is 11.5 Å². The second-order valence-electron chi connectivity index (χ2n) is 3.95. The third kappa shape index (κ3) is 3.11. The largest absolute Gasteiger partial charge is 0.307 e. The van der Waals surface area contributed by atoms with Crippen molar-refractivity contribution in [2.45, 2.75) is 37.8 Å². The first-order valence-corrected chi connectivity index (χ1v) is 6.79. The van der Waals surface area contributed by atoms with Crippen molar-refractivity contribution >= 4 is 17.4 Å². The molecule has 0 N–H and O–H groups in total. The summed E-state index contributed by atoms with van der Waals surface area (Å²) in [6.07, 6.45) is 3.64. The molecule has 0 aromatic carbocycles. The van der Waals surface area contributed by atoms with Crippen molar-refractivity contribution < 1.29 is 4.92 Å². The van der Waals surface area contributed by atoms with Gasteiger partial charge in [0.05, 0.1) is 10.8 Å². The Morgan fingerprint density at radius 2 is 2.26 bits per heavy atom. The maximum Gasteiger partial charge on any atom is 0.307 e. The minimum atomic E-state index is -0.460. The van der Waals surface area contributed by atoms with Crippen LogP contribution in [-0.2, 0) is 12.4 Å². The number of hydrogen-bond acceptors (Lipinski definition) is 6. The first-order chi connectivity index (χ1) is 9.11. The van der Waals surface area contributed by atoms with Crippen LogP contribution >= 0.6 is 11.8 Å². The normalized spacial score (nSPS) is 10.8. The summed E-state index contributed by atoms with van der Waals surface area (Å²) in [5.74, 6) is 1.34. The monoisotopic (exact) mass is 282 g/mol. The van der Waals surface area contributed by atoms with E-state index in [0.717, 1.165) is 23.9 Å². The van der Waals surface area contributed by atoms with Gasteiger partial charge in [-0.2, -0.15) is 5.10 Å². The molecule has 102 valence electrons. The van der Waals surface area contributed by atoms with Crippen LogP contribution in [0.25, 0.3) is 0 Å². The predicted octanol–water partition coefficient (Wildman–Crippen LogP) is 1.85. The van der Waals surface area contributed by atoms with Crippen molar-refractivity contribution in [3.05, 3.63) is 28.3 Å². The molecule has 0 fully saturated rings. The van der Waals surface area contributed by atoms with Gasteiger partial charge in [0.25, 0.3) is 0 Å². The first kappa shape index (κ1) is 13.5. The molecule has 9 heteroatoms. The van der Waals surface area contributed by atoms with E-state index in [4.69, 9.17) is 0 Å². The highest BCUT2D eigenvalue weighted by molar-refractivity contribution is 7.98. The lowest BCUT2D eigenvalue weighted by Gasteiger charge is -2.06. The molecular weight excluding hydrogens is 268 g/mol. The van der Waals surface area contributed by atoms with Gasteiger partial charge in [-0.3, -0.25) is 14.8 Å². The second-order valence-corrected chi connectivity index (χ2v) is 4.86. The number of nitro groups is 1. The molecule has 0 saturated carbocycles. The Morgan fingerprint density at radius 3 is 2.89 bits per heavy atom. The van der Waals surface area contributed by atoms with E-state index in [0.29, 0.717) is 5.88 Å². The summed E-state index contributed by atoms with van der Waals surface area (Å²) in [7, 11) is 0. The smallest absolute Gasteiger partial charge is 0.306 e. The van der Waals surface area contributed by atoms with Gasteiger partial charge in [0, 0.05) is 6.54 Å². The summed E-state index contributed by atoms with van der Waals surface area (Å²) in [4.78, 5) is 10.1. The molecule has 2 aromatic heterocycles. The van der Waals surface area contributed by atoms with E-state index in [1.165, 1.54) is 28.8 Å². The number of thioether (sulfide) groups is 1. The zero-order valence-electron chi connectivity index (χ0n) is 10.7. The fourth-order valence-electron chi connectivity index (χ4n) is 1.59. The molecule has 19 heavy (non-hydrogen) atoms. The Balaban J connectivity index is 2.03. The molecule has 2 heterocycles. The average molecular weight is 282 g/mol. The highest BCUT2D eigenvalue weighted by Gasteiger charge is 2.11. The van der Waals surface area contributed by atoms with Gasteiger partial charge in [0.15, 0.2) is 5.16 Å². The second kappa shape index (κ2) is 5.83. The summed E-state index contributed by atoms with van der Waals surface area (Å²) in [6, 6.07) is 0. The fourth-order valence-corrected chi connectivity index (χ4v) is 2.46. The topological polar surface area (TPSA) is 91.7 Å². The molecule has 0 unspecified atom stereocenters. The van der Waals surface area contributed by atoms with E-state index in [9.17, 15) is 10.1 Å². The minimum Gasteiger partial charge on any atom is -0.306 e. The summed E-state index contributed by atoms with van der Waals surface area (Å²) in [5, 5.41) is 23.4. The number of nitrogens with zero attached hydrogens (tertiary/aromatic N) is 6. The van der Waals surface area contributed by atoms with E-state index < -0.39 is 4.92 Å². The zero-order valence-corrected chi connectivity index (χ0v) is 11.5. The molecule has 0 spiro atoms. The Morgan fingerprint density at radius 1 is 1.47 bits per heavy atom. The SMILES string of the molecule is CCCn1c(C)nnc1SCn1cc([N+](=O)[O-])cn1. The standard InChI is InChI=1S/C10H14N6O2S/c1-3-4-15-8(2)12-13-10(15)19-7-14-6-9(5-11-14)16(17)18/h5-6H,3-4,7H2,1-2H3. The van der Waals surface area contributed by atoms with Crippen molar-refractivity contribution in [3.63, 3.8) is 0 Å². The molecule has 2 rings (SSSR count). The van der Waals surface area contributed by atoms with Gasteiger partial charge in [-0.05, 0) is 13.3 Å². The Bertz CT molecular complexity index is 578. The van der Waals surface area contributed by atoms with Crippen LogP contribution in [0.4, 0.5) is 5.69 Å². The number of aromatic nitrogens is 5. The molecule has 0 aliphatic carbocycles. The maximum absolute atomic E-state index is 10.6. The van der Waals surface area contributed by atoms with Crippen LogP contribution in [0.3, 0.4) is 0 Å². The molecule has 0 bridgehead atoms. The molecule has 0 atom stereocenters. The Kier molecular flexibility index (Phi) is 4.15. The third-order valence-electron chi connectivity index (χ3n) is 2.51. The molecule has 2 aromatic rings. The molecule has 0 saturated heterocycles. The minimum absolute atomic E-state index is 0.00759. The highest BCUT2D eigenvalue weighted by atomic mass is 32.2. The van der Waals surface area contributed by atoms with E-state index in [1.54, 1.807) is 0 Å². The summed E-state index contributed by atoms with van der Waals surface area (Å²) in [6.45, 7) is 4.86. The van der Waals surface area contributed by atoms with Crippen LogP contribution in [0.1, 0.15) is 19.2 Å². The molecule has 8 nitrogen and oxygen atoms in total. The van der Waals surface area contributed by atoms with Crippen LogP contribution in [0.15, 0.2) is 17.6 Å². The fraction of sp³-hybridized carbons (Fsp3) is 0.500. The third-order valence-corrected chi connectivity index (χ3v) is 3.46. The summed E-state index contributed by atoms with van der Waals surface area (Å²) in [5.41, 5.74) is -0.00759. The van der Waals surface area contributed by atoms with Gasteiger partial charge in [-0.1, -0.05) is 18.7 Å². The number of aryl methyl sites for hydroxylation is 1. The first-order valence-electron chi connectivity index (χ1n) is 5.81. The summed E-state index contributed by atoms with van der Waals surface area (Å²) < 4.78 is 3.55. The lowest BCUT2D eigenvalue weighted by atomic mass is 10.5. The van der Waals surface area contributed by atoms with Gasteiger partial charge in [0.1, 0.15) is 18.2 Å². The van der Waals surface area contributed by atoms with Gasteiger partial charge in [0.2, 0.25) is 0 Å². The van der Waals surface area contributed by atoms with Gasteiger partial charge < -0.3 is 4.57 Å². The number of rotatable bonds is 6. The van der Waals surface area contributed by atoms with Crippen LogP contribution < -0.4 is 0 Å². The Hall–Kier alpha value is -1.90. The van der Waals surface area contributed by atoms with Crippen LogP contribution in [-0.4, -0.2) is 29.5 Å². The van der Waals surface area contributed by atoms with Crippen molar-refractivity contribution in [2.75, 3.05) is 0 Å². The zero-order chi connectivity index (χ0) is 13.8. The Labute approximate surface area is 114 Å². The van der Waals surface area contributed by atoms with Crippen molar-refractivity contribution in [1.29, 1.82) is 0 Å². The molecule has 0 aliphatic rings. The van der Waals surface area contributed by atoms with Crippen molar-refractivity contribution in [2.24, 2.45) is 0 Å². The van der Waals surface area contributed by atoms with Crippen LogP contribution in [0, 0.1) is 17.0 Å². The van der Waals surface area contributed by atoms with Crippen LogP contribution in [0.5, 0.6) is 0 Å². The molecular formula is C10H14N6O2S. The highest BCUT2D eigenvalue weighted by Crippen LogP contribution is 2.20.